The van der Waals surface area contributed by atoms with Gasteiger partial charge in [0.25, 0.3) is 0 Å². The Morgan fingerprint density at radius 2 is 1.86 bits per heavy atom. The summed E-state index contributed by atoms with van der Waals surface area (Å²) in [6.45, 7) is 1.98. The van der Waals surface area contributed by atoms with Crippen molar-refractivity contribution in [3.05, 3.63) is 87.5 Å². The molecule has 2 aliphatic rings. The van der Waals surface area contributed by atoms with Crippen molar-refractivity contribution >= 4 is 46.3 Å². The lowest BCUT2D eigenvalue weighted by Gasteiger charge is -2.32. The fraction of sp³-hybridized carbons (Fsp3) is 0.296. The zero-order valence-electron chi connectivity index (χ0n) is 19.1. The molecule has 2 aromatic carbocycles. The van der Waals surface area contributed by atoms with Crippen LogP contribution >= 0.6 is 23.2 Å². The number of aliphatic hydroxyl groups excluding tert-OH is 1. The summed E-state index contributed by atoms with van der Waals surface area (Å²) in [5.74, 6) is 1.07. The molecule has 5 rings (SSSR count). The molecule has 2 aliphatic heterocycles. The van der Waals surface area contributed by atoms with E-state index in [1.54, 1.807) is 18.3 Å². The Morgan fingerprint density at radius 1 is 1.06 bits per heavy atom. The number of pyridine rings is 1. The fourth-order valence-electron chi connectivity index (χ4n) is 4.62. The van der Waals surface area contributed by atoms with Crippen LogP contribution in [0.3, 0.4) is 0 Å². The number of hydrogen-bond donors (Lipinski definition) is 2. The highest BCUT2D eigenvalue weighted by atomic mass is 35.5. The summed E-state index contributed by atoms with van der Waals surface area (Å²) in [5, 5.41) is 13.6. The van der Waals surface area contributed by atoms with E-state index in [0.717, 1.165) is 48.4 Å². The first-order valence-corrected chi connectivity index (χ1v) is 12.5. The number of amides is 1. The molecular formula is C27H26Cl2N4O2. The lowest BCUT2D eigenvalue weighted by Crippen LogP contribution is -2.35. The summed E-state index contributed by atoms with van der Waals surface area (Å²) in [5.41, 5.74) is 3.75. The van der Waals surface area contributed by atoms with Crippen LogP contribution in [0, 0.1) is 5.92 Å². The number of carbonyl (C=O) groups is 1. The van der Waals surface area contributed by atoms with Gasteiger partial charge in [0.15, 0.2) is 0 Å². The molecule has 0 aliphatic carbocycles. The number of rotatable bonds is 5. The van der Waals surface area contributed by atoms with Gasteiger partial charge in [0, 0.05) is 53.5 Å². The maximum absolute atomic E-state index is 13.1. The van der Waals surface area contributed by atoms with E-state index in [-0.39, 0.29) is 12.5 Å². The van der Waals surface area contributed by atoms with Crippen LogP contribution in [-0.2, 0) is 11.2 Å². The summed E-state index contributed by atoms with van der Waals surface area (Å²) in [4.78, 5) is 25.0. The van der Waals surface area contributed by atoms with Gasteiger partial charge in [-0.2, -0.15) is 0 Å². The Balaban J connectivity index is 1.49. The van der Waals surface area contributed by atoms with Gasteiger partial charge in [0.1, 0.15) is 11.9 Å². The number of aliphatic imine (C=N–C) groups is 1. The molecule has 3 heterocycles. The Kier molecular flexibility index (Phi) is 7.04. The van der Waals surface area contributed by atoms with Gasteiger partial charge in [-0.3, -0.25) is 9.79 Å². The summed E-state index contributed by atoms with van der Waals surface area (Å²) in [6.07, 6.45) is 4.09. The third-order valence-corrected chi connectivity index (χ3v) is 7.28. The van der Waals surface area contributed by atoms with Crippen molar-refractivity contribution in [1.29, 1.82) is 0 Å². The second-order valence-corrected chi connectivity index (χ2v) is 9.83. The van der Waals surface area contributed by atoms with Crippen molar-refractivity contribution in [2.24, 2.45) is 10.9 Å². The Bertz CT molecular complexity index is 1250. The van der Waals surface area contributed by atoms with E-state index in [4.69, 9.17) is 33.2 Å². The van der Waals surface area contributed by atoms with Gasteiger partial charge in [-0.05, 0) is 60.7 Å². The van der Waals surface area contributed by atoms with E-state index in [1.165, 1.54) is 0 Å². The van der Waals surface area contributed by atoms with Crippen LogP contribution in [0.15, 0.2) is 65.8 Å². The molecule has 1 unspecified atom stereocenters. The van der Waals surface area contributed by atoms with Gasteiger partial charge in [0.05, 0.1) is 11.4 Å². The molecule has 8 heteroatoms. The minimum atomic E-state index is -0.659. The van der Waals surface area contributed by atoms with Crippen LogP contribution < -0.4 is 10.2 Å². The molecule has 6 nitrogen and oxygen atoms in total. The number of carbonyl (C=O) groups excluding carboxylic acids is 1. The maximum Gasteiger partial charge on any atom is 0.249 e. The van der Waals surface area contributed by atoms with Crippen molar-refractivity contribution in [1.82, 2.24) is 4.98 Å². The molecule has 1 atom stereocenters. The van der Waals surface area contributed by atoms with Crippen molar-refractivity contribution in [3.8, 4) is 0 Å². The molecule has 0 radical (unpaired) electrons. The van der Waals surface area contributed by atoms with Crippen LogP contribution in [0.2, 0.25) is 10.0 Å². The van der Waals surface area contributed by atoms with E-state index in [2.05, 4.69) is 10.2 Å². The molecule has 0 saturated carbocycles. The largest absolute Gasteiger partial charge is 0.396 e. The molecule has 0 bridgehead atoms. The van der Waals surface area contributed by atoms with E-state index in [1.807, 2.05) is 42.5 Å². The number of benzene rings is 2. The molecular weight excluding hydrogens is 483 g/mol. The molecule has 0 spiro atoms. The van der Waals surface area contributed by atoms with Crippen molar-refractivity contribution in [2.45, 2.75) is 25.3 Å². The second kappa shape index (κ2) is 10.4. The normalized spacial score (nSPS) is 18.5. The Morgan fingerprint density at radius 3 is 2.57 bits per heavy atom. The van der Waals surface area contributed by atoms with E-state index < -0.39 is 6.04 Å². The number of nitrogens with zero attached hydrogens (tertiary/aromatic N) is 3. The monoisotopic (exact) mass is 508 g/mol. The van der Waals surface area contributed by atoms with Crippen molar-refractivity contribution < 1.29 is 9.90 Å². The number of aliphatic hydroxyl groups is 1. The standard InChI is InChI=1S/C27H26Cl2N4O2/c28-20-6-7-23-21(14-20)26(31-24(27(35)32-23)13-18-3-1-2-4-22(18)29)19-5-8-25(30-15-19)33-11-9-17(16-34)10-12-33/h1-8,14-15,17,24,34H,9-13,16H2,(H,32,35). The smallest absolute Gasteiger partial charge is 0.249 e. The summed E-state index contributed by atoms with van der Waals surface area (Å²) < 4.78 is 0. The minimum absolute atomic E-state index is 0.195. The maximum atomic E-state index is 13.1. The third-order valence-electron chi connectivity index (χ3n) is 6.67. The zero-order valence-corrected chi connectivity index (χ0v) is 20.6. The zero-order chi connectivity index (χ0) is 24.4. The van der Waals surface area contributed by atoms with E-state index in [0.29, 0.717) is 33.8 Å². The first kappa shape index (κ1) is 23.8. The summed E-state index contributed by atoms with van der Waals surface area (Å²) >= 11 is 12.7. The van der Waals surface area contributed by atoms with Crippen LogP contribution in [-0.4, -0.2) is 47.4 Å². The van der Waals surface area contributed by atoms with Gasteiger partial charge >= 0.3 is 0 Å². The highest BCUT2D eigenvalue weighted by Gasteiger charge is 2.27. The van der Waals surface area contributed by atoms with Gasteiger partial charge < -0.3 is 15.3 Å². The second-order valence-electron chi connectivity index (χ2n) is 8.99. The molecule has 3 aromatic rings. The molecule has 35 heavy (non-hydrogen) atoms. The SMILES string of the molecule is O=C1Nc2ccc(Cl)cc2C(c2ccc(N3CCC(CO)CC3)nc2)=NC1Cc1ccccc1Cl. The van der Waals surface area contributed by atoms with Crippen LogP contribution in [0.25, 0.3) is 0 Å². The van der Waals surface area contributed by atoms with Crippen molar-refractivity contribution in [2.75, 3.05) is 29.9 Å². The minimum Gasteiger partial charge on any atom is -0.396 e. The van der Waals surface area contributed by atoms with Crippen LogP contribution in [0.5, 0.6) is 0 Å². The number of aromatic nitrogens is 1. The average Bonchev–Trinajstić information content (AvgIpc) is 3.01. The van der Waals surface area contributed by atoms with Crippen molar-refractivity contribution in [3.63, 3.8) is 0 Å². The number of halogens is 2. The summed E-state index contributed by atoms with van der Waals surface area (Å²) in [7, 11) is 0. The molecule has 1 fully saturated rings. The number of nitrogens with one attached hydrogen (secondary N) is 1. The Labute approximate surface area is 214 Å². The number of benzodiazepines with no additional fused rings is 1. The average molecular weight is 509 g/mol. The van der Waals surface area contributed by atoms with E-state index >= 15 is 0 Å². The highest BCUT2D eigenvalue weighted by Crippen LogP contribution is 2.29. The molecule has 180 valence electrons. The predicted octanol–water partition coefficient (Wildman–Crippen LogP) is 5.00. The van der Waals surface area contributed by atoms with Gasteiger partial charge in [-0.25, -0.2) is 4.98 Å². The number of hydrogen-bond acceptors (Lipinski definition) is 5. The number of piperidine rings is 1. The van der Waals surface area contributed by atoms with Gasteiger partial charge in [-0.1, -0.05) is 41.4 Å². The number of fused-ring (bicyclic) bond motifs is 1. The number of anilines is 2. The quantitative estimate of drug-likeness (QED) is 0.508. The summed E-state index contributed by atoms with van der Waals surface area (Å²) in [6, 6.07) is 16.2. The molecule has 1 aromatic heterocycles. The first-order valence-electron chi connectivity index (χ1n) is 11.8. The van der Waals surface area contributed by atoms with Gasteiger partial charge in [0.2, 0.25) is 5.91 Å². The van der Waals surface area contributed by atoms with Crippen LogP contribution in [0.4, 0.5) is 11.5 Å². The lowest BCUT2D eigenvalue weighted by molar-refractivity contribution is -0.117. The predicted molar refractivity (Wildman–Crippen MR) is 141 cm³/mol. The Hall–Kier alpha value is -2.93. The highest BCUT2D eigenvalue weighted by molar-refractivity contribution is 6.32. The van der Waals surface area contributed by atoms with E-state index in [9.17, 15) is 9.90 Å². The van der Waals surface area contributed by atoms with Crippen LogP contribution in [0.1, 0.15) is 29.5 Å². The van der Waals surface area contributed by atoms with Gasteiger partial charge in [-0.15, -0.1) is 0 Å². The lowest BCUT2D eigenvalue weighted by atomic mass is 9.98. The molecule has 1 amide bonds. The molecule has 1 saturated heterocycles. The third kappa shape index (κ3) is 5.20. The first-order chi connectivity index (χ1) is 17.0. The molecule has 2 N–H and O–H groups in total. The fourth-order valence-corrected chi connectivity index (χ4v) is 5.00. The topological polar surface area (TPSA) is 77.8 Å².